The third kappa shape index (κ3) is 2.84. The van der Waals surface area contributed by atoms with Crippen LogP contribution in [0, 0.1) is 12.9 Å². The molecule has 0 spiro atoms. The fraction of sp³-hybridized carbons (Fsp3) is 0.0833. The van der Waals surface area contributed by atoms with E-state index in [1.807, 2.05) is 0 Å². The maximum Gasteiger partial charge on any atom is 0.275 e. The van der Waals surface area contributed by atoms with Crippen molar-refractivity contribution in [1.29, 1.82) is 0 Å². The summed E-state index contributed by atoms with van der Waals surface area (Å²) in [5, 5.41) is 2.47. The predicted molar refractivity (Wildman–Crippen MR) is 61.1 cm³/mol. The SMILES string of the molecule is Cc1cccc(C(=O)Nc2cccc(F)n2)n1. The molecular weight excluding hydrogens is 221 g/mol. The Balaban J connectivity index is 2.17. The van der Waals surface area contributed by atoms with Gasteiger partial charge in [0.15, 0.2) is 0 Å². The number of aromatic nitrogens is 2. The summed E-state index contributed by atoms with van der Waals surface area (Å²) in [5.41, 5.74) is 1.01. The number of hydrogen-bond donors (Lipinski definition) is 1. The lowest BCUT2D eigenvalue weighted by molar-refractivity contribution is 0.102. The molecule has 2 aromatic heterocycles. The minimum atomic E-state index is -0.639. The van der Waals surface area contributed by atoms with Gasteiger partial charge in [-0.25, -0.2) is 9.97 Å². The van der Waals surface area contributed by atoms with Crippen LogP contribution in [-0.4, -0.2) is 15.9 Å². The molecule has 4 nitrogen and oxygen atoms in total. The van der Waals surface area contributed by atoms with Crippen LogP contribution in [0.4, 0.5) is 10.2 Å². The molecule has 2 heterocycles. The van der Waals surface area contributed by atoms with Gasteiger partial charge in [-0.2, -0.15) is 4.39 Å². The van der Waals surface area contributed by atoms with Gasteiger partial charge in [-0.15, -0.1) is 0 Å². The number of carbonyl (C=O) groups is 1. The van der Waals surface area contributed by atoms with Gasteiger partial charge in [-0.3, -0.25) is 4.79 Å². The van der Waals surface area contributed by atoms with E-state index in [9.17, 15) is 9.18 Å². The van der Waals surface area contributed by atoms with Crippen molar-refractivity contribution >= 4 is 11.7 Å². The van der Waals surface area contributed by atoms with Crippen molar-refractivity contribution in [3.63, 3.8) is 0 Å². The number of carbonyl (C=O) groups excluding carboxylic acids is 1. The smallest absolute Gasteiger partial charge is 0.275 e. The quantitative estimate of drug-likeness (QED) is 0.806. The van der Waals surface area contributed by atoms with Gasteiger partial charge in [0, 0.05) is 5.69 Å². The number of hydrogen-bond acceptors (Lipinski definition) is 3. The van der Waals surface area contributed by atoms with E-state index in [4.69, 9.17) is 0 Å². The topological polar surface area (TPSA) is 54.9 Å². The molecule has 0 fully saturated rings. The number of aryl methyl sites for hydroxylation is 1. The molecule has 17 heavy (non-hydrogen) atoms. The molecule has 0 bridgehead atoms. The largest absolute Gasteiger partial charge is 0.305 e. The molecule has 1 N–H and O–H groups in total. The average Bonchev–Trinajstić information content (AvgIpc) is 2.29. The van der Waals surface area contributed by atoms with Crippen LogP contribution in [0.3, 0.4) is 0 Å². The first-order valence-corrected chi connectivity index (χ1v) is 5.03. The van der Waals surface area contributed by atoms with Gasteiger partial charge < -0.3 is 5.32 Å². The van der Waals surface area contributed by atoms with E-state index in [0.717, 1.165) is 5.69 Å². The summed E-state index contributed by atoms with van der Waals surface area (Å²) in [4.78, 5) is 19.3. The number of nitrogens with zero attached hydrogens (tertiary/aromatic N) is 2. The van der Waals surface area contributed by atoms with E-state index >= 15 is 0 Å². The standard InChI is InChI=1S/C12H10FN3O/c1-8-4-2-5-9(14-8)12(17)16-11-7-3-6-10(13)15-11/h2-7H,1H3,(H,15,16,17). The van der Waals surface area contributed by atoms with E-state index in [1.165, 1.54) is 18.2 Å². The third-order valence-corrected chi connectivity index (χ3v) is 2.08. The maximum absolute atomic E-state index is 12.8. The Morgan fingerprint density at radius 1 is 1.18 bits per heavy atom. The van der Waals surface area contributed by atoms with Crippen LogP contribution in [0.25, 0.3) is 0 Å². The van der Waals surface area contributed by atoms with E-state index in [-0.39, 0.29) is 11.5 Å². The lowest BCUT2D eigenvalue weighted by atomic mass is 10.3. The highest BCUT2D eigenvalue weighted by Gasteiger charge is 2.08. The number of anilines is 1. The van der Waals surface area contributed by atoms with Crippen molar-refractivity contribution in [3.8, 4) is 0 Å². The normalized spacial score (nSPS) is 10.0. The minimum absolute atomic E-state index is 0.165. The van der Waals surface area contributed by atoms with Gasteiger partial charge in [0.2, 0.25) is 5.95 Å². The molecule has 0 aromatic carbocycles. The zero-order chi connectivity index (χ0) is 12.3. The Kier molecular flexibility index (Phi) is 3.09. The molecule has 86 valence electrons. The van der Waals surface area contributed by atoms with Crippen LogP contribution in [0.5, 0.6) is 0 Å². The molecule has 0 aliphatic heterocycles. The first kappa shape index (κ1) is 11.2. The van der Waals surface area contributed by atoms with Crippen molar-refractivity contribution in [2.45, 2.75) is 6.92 Å². The maximum atomic E-state index is 12.8. The molecule has 2 aromatic rings. The average molecular weight is 231 g/mol. The second-order valence-corrected chi connectivity index (χ2v) is 3.46. The van der Waals surface area contributed by atoms with Crippen molar-refractivity contribution < 1.29 is 9.18 Å². The second-order valence-electron chi connectivity index (χ2n) is 3.46. The molecular formula is C12H10FN3O. The van der Waals surface area contributed by atoms with Gasteiger partial charge in [-0.1, -0.05) is 12.1 Å². The fourth-order valence-electron chi connectivity index (χ4n) is 1.33. The van der Waals surface area contributed by atoms with Crippen LogP contribution in [0.15, 0.2) is 36.4 Å². The summed E-state index contributed by atoms with van der Waals surface area (Å²) < 4.78 is 12.8. The van der Waals surface area contributed by atoms with Crippen molar-refractivity contribution in [1.82, 2.24) is 9.97 Å². The second kappa shape index (κ2) is 4.69. The molecule has 5 heteroatoms. The van der Waals surface area contributed by atoms with Gasteiger partial charge in [0.1, 0.15) is 11.5 Å². The van der Waals surface area contributed by atoms with Crippen molar-refractivity contribution in [2.75, 3.05) is 5.32 Å². The highest BCUT2D eigenvalue weighted by molar-refractivity contribution is 6.02. The molecule has 2 rings (SSSR count). The zero-order valence-corrected chi connectivity index (χ0v) is 9.14. The number of nitrogens with one attached hydrogen (secondary N) is 1. The van der Waals surface area contributed by atoms with Crippen LogP contribution >= 0.6 is 0 Å². The summed E-state index contributed by atoms with van der Waals surface area (Å²) in [6, 6.07) is 9.30. The molecule has 0 radical (unpaired) electrons. The van der Waals surface area contributed by atoms with Crippen LogP contribution < -0.4 is 5.32 Å². The Labute approximate surface area is 97.5 Å². The first-order valence-electron chi connectivity index (χ1n) is 5.03. The van der Waals surface area contributed by atoms with Gasteiger partial charge in [-0.05, 0) is 31.2 Å². The fourth-order valence-corrected chi connectivity index (χ4v) is 1.33. The van der Waals surface area contributed by atoms with Crippen LogP contribution in [0.1, 0.15) is 16.2 Å². The van der Waals surface area contributed by atoms with E-state index in [1.54, 1.807) is 25.1 Å². The molecule has 0 saturated heterocycles. The monoisotopic (exact) mass is 231 g/mol. The van der Waals surface area contributed by atoms with E-state index in [0.29, 0.717) is 0 Å². The third-order valence-electron chi connectivity index (χ3n) is 2.08. The van der Waals surface area contributed by atoms with Gasteiger partial charge >= 0.3 is 0 Å². The highest BCUT2D eigenvalue weighted by atomic mass is 19.1. The van der Waals surface area contributed by atoms with Gasteiger partial charge in [0.25, 0.3) is 5.91 Å². The highest BCUT2D eigenvalue weighted by Crippen LogP contribution is 2.06. The Bertz CT molecular complexity index is 557. The van der Waals surface area contributed by atoms with Crippen molar-refractivity contribution in [3.05, 3.63) is 53.7 Å². The van der Waals surface area contributed by atoms with E-state index < -0.39 is 11.9 Å². The molecule has 0 unspecified atom stereocenters. The Morgan fingerprint density at radius 2 is 1.94 bits per heavy atom. The van der Waals surface area contributed by atoms with Crippen LogP contribution in [0.2, 0.25) is 0 Å². The van der Waals surface area contributed by atoms with Crippen LogP contribution in [-0.2, 0) is 0 Å². The Hall–Kier alpha value is -2.30. The molecule has 0 atom stereocenters. The van der Waals surface area contributed by atoms with Crippen molar-refractivity contribution in [2.24, 2.45) is 0 Å². The lowest BCUT2D eigenvalue weighted by Gasteiger charge is -2.04. The Morgan fingerprint density at radius 3 is 2.65 bits per heavy atom. The minimum Gasteiger partial charge on any atom is -0.305 e. The summed E-state index contributed by atoms with van der Waals surface area (Å²) in [6.07, 6.45) is 0. The number of rotatable bonds is 2. The molecule has 0 saturated carbocycles. The number of amides is 1. The summed E-state index contributed by atoms with van der Waals surface area (Å²) in [5.74, 6) is -0.884. The molecule has 1 amide bonds. The zero-order valence-electron chi connectivity index (χ0n) is 9.14. The summed E-state index contributed by atoms with van der Waals surface area (Å²) >= 11 is 0. The molecule has 0 aliphatic rings. The lowest BCUT2D eigenvalue weighted by Crippen LogP contribution is -2.15. The van der Waals surface area contributed by atoms with E-state index in [2.05, 4.69) is 15.3 Å². The number of halogens is 1. The first-order chi connectivity index (χ1) is 8.15. The summed E-state index contributed by atoms with van der Waals surface area (Å²) in [7, 11) is 0. The number of pyridine rings is 2. The summed E-state index contributed by atoms with van der Waals surface area (Å²) in [6.45, 7) is 1.79. The predicted octanol–water partition coefficient (Wildman–Crippen LogP) is 2.18. The molecule has 0 aliphatic carbocycles. The van der Waals surface area contributed by atoms with Gasteiger partial charge in [0.05, 0.1) is 0 Å².